The summed E-state index contributed by atoms with van der Waals surface area (Å²) in [5, 5.41) is 2.62. The number of ether oxygens (including phenoxy) is 1. The monoisotopic (exact) mass is 336 g/mol. The van der Waals surface area contributed by atoms with E-state index in [1.165, 1.54) is 19.1 Å². The highest BCUT2D eigenvalue weighted by Crippen LogP contribution is 2.30. The zero-order valence-electron chi connectivity index (χ0n) is 13.2. The van der Waals surface area contributed by atoms with Gasteiger partial charge in [0.25, 0.3) is 0 Å². The van der Waals surface area contributed by atoms with Crippen molar-refractivity contribution < 1.29 is 23.1 Å². The molecule has 0 aliphatic carbocycles. The molecule has 2 aliphatic rings. The van der Waals surface area contributed by atoms with E-state index in [0.29, 0.717) is 36.5 Å². The number of amides is 1. The van der Waals surface area contributed by atoms with E-state index in [0.717, 1.165) is 0 Å². The Morgan fingerprint density at radius 3 is 2.75 bits per heavy atom. The van der Waals surface area contributed by atoms with E-state index in [1.54, 1.807) is 12.2 Å². The van der Waals surface area contributed by atoms with Gasteiger partial charge in [0.15, 0.2) is 0 Å². The second-order valence-corrected chi connectivity index (χ2v) is 5.64. The summed E-state index contributed by atoms with van der Waals surface area (Å²) >= 11 is 0. The Labute approximate surface area is 138 Å². The van der Waals surface area contributed by atoms with E-state index in [9.17, 15) is 13.6 Å². The Balaban J connectivity index is 1.82. The average Bonchev–Trinajstić information content (AvgIpc) is 3.02. The molecule has 3 rings (SSSR count). The van der Waals surface area contributed by atoms with Gasteiger partial charge in [-0.2, -0.15) is 0 Å². The fourth-order valence-corrected chi connectivity index (χ4v) is 2.68. The lowest BCUT2D eigenvalue weighted by Gasteiger charge is -2.16. The second-order valence-electron chi connectivity index (χ2n) is 5.64. The molecule has 2 aliphatic heterocycles. The van der Waals surface area contributed by atoms with Crippen LogP contribution in [0.25, 0.3) is 11.3 Å². The molecule has 5 nitrogen and oxygen atoms in total. The highest BCUT2D eigenvalue weighted by molar-refractivity contribution is 5.73. The molecule has 1 aromatic carbocycles. The van der Waals surface area contributed by atoms with E-state index in [-0.39, 0.29) is 18.0 Å². The Bertz CT molecular complexity index is 693. The predicted octanol–water partition coefficient (Wildman–Crippen LogP) is 2.15. The van der Waals surface area contributed by atoms with E-state index < -0.39 is 17.7 Å². The van der Waals surface area contributed by atoms with Crippen LogP contribution in [0.15, 0.2) is 24.3 Å². The summed E-state index contributed by atoms with van der Waals surface area (Å²) in [6, 6.07) is 2.55. The Morgan fingerprint density at radius 1 is 1.38 bits per heavy atom. The maximum absolute atomic E-state index is 14.4. The smallest absolute Gasteiger partial charge is 0.216 e. The Hall–Kier alpha value is -2.25. The molecule has 0 radical (unpaired) electrons. The number of hydrogen-bond donors (Lipinski definition) is 2. The molecule has 2 N–H and O–H groups in total. The third-order valence-corrected chi connectivity index (χ3v) is 3.86. The quantitative estimate of drug-likeness (QED) is 0.885. The maximum Gasteiger partial charge on any atom is 0.216 e. The highest BCUT2D eigenvalue weighted by Gasteiger charge is 2.22. The number of carbonyl (C=O) groups excluding carboxylic acids is 1. The van der Waals surface area contributed by atoms with Crippen LogP contribution < -0.4 is 10.8 Å². The summed E-state index contributed by atoms with van der Waals surface area (Å²) < 4.78 is 34.0. The van der Waals surface area contributed by atoms with Crippen molar-refractivity contribution >= 4 is 17.2 Å². The minimum atomic E-state index is -0.619. The average molecular weight is 336 g/mol. The first-order valence-electron chi connectivity index (χ1n) is 7.69. The molecule has 128 valence electrons. The van der Waals surface area contributed by atoms with Gasteiger partial charge < -0.3 is 10.1 Å². The highest BCUT2D eigenvalue weighted by atomic mass is 19.1. The summed E-state index contributed by atoms with van der Waals surface area (Å²) in [7, 11) is 0. The summed E-state index contributed by atoms with van der Waals surface area (Å²) in [5.41, 5.74) is 4.08. The van der Waals surface area contributed by atoms with Gasteiger partial charge in [-0.15, -0.1) is 0 Å². The zero-order chi connectivity index (χ0) is 17.1. The van der Waals surface area contributed by atoms with Crippen LogP contribution in [0.5, 0.6) is 0 Å². The number of hydroxylamine groups is 1. The van der Waals surface area contributed by atoms with Crippen molar-refractivity contribution in [2.24, 2.45) is 0 Å². The molecule has 1 aromatic rings. The minimum absolute atomic E-state index is 0.00337. The van der Waals surface area contributed by atoms with Crippen molar-refractivity contribution in [1.29, 1.82) is 0 Å². The van der Waals surface area contributed by atoms with Gasteiger partial charge in [0.1, 0.15) is 17.7 Å². The summed E-state index contributed by atoms with van der Waals surface area (Å²) in [5.74, 6) is -1.41. The van der Waals surface area contributed by atoms with Crippen LogP contribution in [0.2, 0.25) is 0 Å². The van der Waals surface area contributed by atoms with Crippen LogP contribution >= 0.6 is 0 Å². The first kappa shape index (κ1) is 16.6. The van der Waals surface area contributed by atoms with Gasteiger partial charge in [-0.1, -0.05) is 6.08 Å². The van der Waals surface area contributed by atoms with Gasteiger partial charge in [0.2, 0.25) is 5.91 Å². The number of hydrogen-bond acceptors (Lipinski definition) is 4. The Morgan fingerprint density at radius 2 is 2.12 bits per heavy atom. The largest absolute Gasteiger partial charge is 0.377 e. The van der Waals surface area contributed by atoms with Crippen molar-refractivity contribution in [3.8, 4) is 0 Å². The number of benzene rings is 1. The van der Waals surface area contributed by atoms with Gasteiger partial charge >= 0.3 is 0 Å². The standard InChI is InChI=1S/C17H18F2N2O3/c1-10(22)20-9-13-8-16(21-24-13)12-6-14(18)17(15(19)7-12)11-2-4-23-5-3-11/h2,6-8,13,21H,3-5,9H2,1H3,(H,20,22). The predicted molar refractivity (Wildman–Crippen MR) is 84.4 cm³/mol. The van der Waals surface area contributed by atoms with Gasteiger partial charge in [-0.25, -0.2) is 8.78 Å². The molecule has 24 heavy (non-hydrogen) atoms. The van der Waals surface area contributed by atoms with Crippen molar-refractivity contribution in [3.05, 3.63) is 47.0 Å². The fraction of sp³-hybridized carbons (Fsp3) is 0.353. The lowest BCUT2D eigenvalue weighted by Crippen LogP contribution is -2.30. The van der Waals surface area contributed by atoms with E-state index in [1.807, 2.05) is 0 Å². The fourth-order valence-electron chi connectivity index (χ4n) is 2.68. The number of nitrogens with one attached hydrogen (secondary N) is 2. The number of rotatable bonds is 4. The van der Waals surface area contributed by atoms with Gasteiger partial charge in [-0.05, 0) is 30.2 Å². The molecule has 0 spiro atoms. The maximum atomic E-state index is 14.4. The van der Waals surface area contributed by atoms with E-state index in [4.69, 9.17) is 9.57 Å². The second kappa shape index (κ2) is 7.11. The molecule has 0 saturated carbocycles. The first-order chi connectivity index (χ1) is 11.5. The van der Waals surface area contributed by atoms with Gasteiger partial charge in [-0.3, -0.25) is 15.1 Å². The molecule has 1 amide bonds. The lowest BCUT2D eigenvalue weighted by atomic mass is 9.98. The van der Waals surface area contributed by atoms with Crippen molar-refractivity contribution in [2.75, 3.05) is 19.8 Å². The van der Waals surface area contributed by atoms with Crippen LogP contribution in [0.1, 0.15) is 24.5 Å². The van der Waals surface area contributed by atoms with Crippen LogP contribution in [-0.4, -0.2) is 31.8 Å². The lowest BCUT2D eigenvalue weighted by molar-refractivity contribution is -0.119. The third-order valence-electron chi connectivity index (χ3n) is 3.86. The molecule has 0 saturated heterocycles. The van der Waals surface area contributed by atoms with E-state index in [2.05, 4.69) is 10.8 Å². The van der Waals surface area contributed by atoms with Crippen LogP contribution in [0, 0.1) is 11.6 Å². The molecule has 7 heteroatoms. The summed E-state index contributed by atoms with van der Waals surface area (Å²) in [4.78, 5) is 16.2. The SMILES string of the molecule is CC(=O)NCC1C=C(c2cc(F)c(C3=CCOCC3)c(F)c2)NO1. The molecule has 2 heterocycles. The minimum Gasteiger partial charge on any atom is -0.377 e. The molecule has 1 atom stereocenters. The van der Waals surface area contributed by atoms with Crippen molar-refractivity contribution in [3.63, 3.8) is 0 Å². The molecule has 0 aromatic heterocycles. The number of carbonyl (C=O) groups is 1. The molecule has 1 unspecified atom stereocenters. The topological polar surface area (TPSA) is 59.6 Å². The summed E-state index contributed by atoms with van der Waals surface area (Å²) in [6.45, 7) is 2.50. The van der Waals surface area contributed by atoms with Crippen LogP contribution in [0.3, 0.4) is 0 Å². The zero-order valence-corrected chi connectivity index (χ0v) is 13.2. The normalized spacial score (nSPS) is 20.2. The summed E-state index contributed by atoms with van der Waals surface area (Å²) in [6.07, 6.45) is 3.46. The van der Waals surface area contributed by atoms with Gasteiger partial charge in [0.05, 0.1) is 25.5 Å². The first-order valence-corrected chi connectivity index (χ1v) is 7.69. The molecule has 0 bridgehead atoms. The number of halogens is 2. The van der Waals surface area contributed by atoms with Crippen LogP contribution in [-0.2, 0) is 14.4 Å². The molecule has 0 fully saturated rings. The Kier molecular flexibility index (Phi) is 4.92. The van der Waals surface area contributed by atoms with Crippen LogP contribution in [0.4, 0.5) is 8.78 Å². The van der Waals surface area contributed by atoms with Gasteiger partial charge in [0, 0.05) is 18.1 Å². The van der Waals surface area contributed by atoms with Crippen molar-refractivity contribution in [2.45, 2.75) is 19.4 Å². The third kappa shape index (κ3) is 3.63. The molecular weight excluding hydrogens is 318 g/mol. The van der Waals surface area contributed by atoms with Crippen molar-refractivity contribution in [1.82, 2.24) is 10.8 Å². The molecular formula is C17H18F2N2O3. The van der Waals surface area contributed by atoms with E-state index >= 15 is 0 Å².